The van der Waals surface area contributed by atoms with Crippen LogP contribution in [0.3, 0.4) is 0 Å². The zero-order chi connectivity index (χ0) is 18.6. The van der Waals surface area contributed by atoms with E-state index in [9.17, 15) is 4.39 Å². The minimum atomic E-state index is -0.334. The summed E-state index contributed by atoms with van der Waals surface area (Å²) in [4.78, 5) is 4.22. The van der Waals surface area contributed by atoms with Crippen LogP contribution in [0.1, 0.15) is 29.5 Å². The monoisotopic (exact) mass is 414 g/mol. The Morgan fingerprint density at radius 2 is 2.08 bits per heavy atom. The summed E-state index contributed by atoms with van der Waals surface area (Å²) in [6, 6.07) is 14.8. The molecule has 0 radical (unpaired) electrons. The van der Waals surface area contributed by atoms with Gasteiger partial charge in [0.25, 0.3) is 0 Å². The molecule has 134 valence electrons. The van der Waals surface area contributed by atoms with Crippen molar-refractivity contribution in [3.05, 3.63) is 69.4 Å². The van der Waals surface area contributed by atoms with Gasteiger partial charge in [-0.25, -0.2) is 4.39 Å². The number of hydrogen-bond acceptors (Lipinski definition) is 2. The molecule has 1 aliphatic carbocycles. The van der Waals surface area contributed by atoms with Crippen molar-refractivity contribution in [2.45, 2.75) is 24.8 Å². The Hall–Kier alpha value is -2.39. The van der Waals surface area contributed by atoms with E-state index < -0.39 is 0 Å². The summed E-state index contributed by atoms with van der Waals surface area (Å²) in [5.41, 5.74) is 2.33. The molecule has 26 heavy (non-hydrogen) atoms. The first-order valence-corrected chi connectivity index (χ1v) is 9.25. The van der Waals surface area contributed by atoms with Gasteiger partial charge in [-0.1, -0.05) is 28.1 Å². The lowest BCUT2D eigenvalue weighted by molar-refractivity contribution is 0.601. The quantitative estimate of drug-likeness (QED) is 0.576. The van der Waals surface area contributed by atoms with E-state index in [0.717, 1.165) is 23.9 Å². The summed E-state index contributed by atoms with van der Waals surface area (Å²) in [5, 5.41) is 15.4. The molecule has 0 heterocycles. The minimum Gasteiger partial charge on any atom is -0.356 e. The van der Waals surface area contributed by atoms with E-state index in [1.54, 1.807) is 13.1 Å². The molecule has 0 bridgehead atoms. The maximum atomic E-state index is 13.9. The van der Waals surface area contributed by atoms with Crippen LogP contribution in [-0.2, 0) is 12.0 Å². The van der Waals surface area contributed by atoms with Crippen LogP contribution in [0.15, 0.2) is 51.9 Å². The van der Waals surface area contributed by atoms with E-state index in [2.05, 4.69) is 49.8 Å². The second kappa shape index (κ2) is 7.88. The van der Waals surface area contributed by atoms with Crippen molar-refractivity contribution in [3.63, 3.8) is 0 Å². The van der Waals surface area contributed by atoms with Crippen LogP contribution in [0.2, 0.25) is 0 Å². The third-order valence-electron chi connectivity index (χ3n) is 4.73. The van der Waals surface area contributed by atoms with Gasteiger partial charge < -0.3 is 10.6 Å². The fraction of sp³-hybridized carbons (Fsp3) is 0.300. The van der Waals surface area contributed by atoms with E-state index in [1.165, 1.54) is 17.7 Å². The van der Waals surface area contributed by atoms with Crippen molar-refractivity contribution in [1.29, 1.82) is 5.26 Å². The standard InChI is InChI=1S/C20H20BrFN4/c1-24-19(25-12-15-9-14(11-23)5-6-18(15)22)26-13-20(7-8-20)16-3-2-4-17(21)10-16/h2-6,9-10H,7-8,12-13H2,1H3,(H2,24,25,26). The molecule has 2 N–H and O–H groups in total. The summed E-state index contributed by atoms with van der Waals surface area (Å²) in [7, 11) is 1.69. The molecule has 2 aromatic rings. The minimum absolute atomic E-state index is 0.132. The molecular weight excluding hydrogens is 395 g/mol. The van der Waals surface area contributed by atoms with E-state index in [4.69, 9.17) is 5.26 Å². The van der Waals surface area contributed by atoms with Gasteiger partial charge in [0.15, 0.2) is 5.96 Å². The zero-order valence-corrected chi connectivity index (χ0v) is 16.1. The molecule has 0 spiro atoms. The lowest BCUT2D eigenvalue weighted by atomic mass is 9.96. The van der Waals surface area contributed by atoms with Crippen LogP contribution in [0.25, 0.3) is 0 Å². The molecule has 4 nitrogen and oxygen atoms in total. The van der Waals surface area contributed by atoms with Crippen LogP contribution in [-0.4, -0.2) is 19.6 Å². The van der Waals surface area contributed by atoms with E-state index >= 15 is 0 Å². The van der Waals surface area contributed by atoms with E-state index in [-0.39, 0.29) is 17.8 Å². The number of rotatable bonds is 5. The van der Waals surface area contributed by atoms with Gasteiger partial charge in [0.2, 0.25) is 0 Å². The van der Waals surface area contributed by atoms with Crippen LogP contribution in [0, 0.1) is 17.1 Å². The van der Waals surface area contributed by atoms with Gasteiger partial charge in [0.05, 0.1) is 11.6 Å². The Morgan fingerprint density at radius 1 is 1.27 bits per heavy atom. The van der Waals surface area contributed by atoms with Crippen molar-refractivity contribution in [3.8, 4) is 6.07 Å². The third kappa shape index (κ3) is 4.23. The molecule has 1 fully saturated rings. The van der Waals surface area contributed by atoms with E-state index in [0.29, 0.717) is 17.1 Å². The fourth-order valence-electron chi connectivity index (χ4n) is 2.97. The lowest BCUT2D eigenvalue weighted by Gasteiger charge is -2.19. The zero-order valence-electron chi connectivity index (χ0n) is 14.5. The summed E-state index contributed by atoms with van der Waals surface area (Å²) >= 11 is 3.53. The first-order valence-electron chi connectivity index (χ1n) is 8.45. The summed E-state index contributed by atoms with van der Waals surface area (Å²) < 4.78 is 15.0. The normalized spacial score (nSPS) is 15.2. The molecule has 0 unspecified atom stereocenters. The van der Waals surface area contributed by atoms with E-state index in [1.807, 2.05) is 12.1 Å². The SMILES string of the molecule is CN=C(NCc1cc(C#N)ccc1F)NCC1(c2cccc(Br)c2)CC1. The molecule has 0 amide bonds. The first kappa shape index (κ1) is 18.4. The number of halogens is 2. The topological polar surface area (TPSA) is 60.2 Å². The average Bonchev–Trinajstić information content (AvgIpc) is 3.44. The number of benzene rings is 2. The second-order valence-corrected chi connectivity index (χ2v) is 7.40. The van der Waals surface area contributed by atoms with Crippen LogP contribution >= 0.6 is 15.9 Å². The van der Waals surface area contributed by atoms with Gasteiger partial charge in [0, 0.05) is 35.6 Å². The number of nitrogens with zero attached hydrogens (tertiary/aromatic N) is 2. The van der Waals surface area contributed by atoms with Crippen molar-refractivity contribution >= 4 is 21.9 Å². The second-order valence-electron chi connectivity index (χ2n) is 6.49. The molecule has 0 aliphatic heterocycles. The van der Waals surface area contributed by atoms with Crippen LogP contribution in [0.4, 0.5) is 4.39 Å². The van der Waals surface area contributed by atoms with Gasteiger partial charge in [-0.15, -0.1) is 0 Å². The van der Waals surface area contributed by atoms with Crippen molar-refractivity contribution in [1.82, 2.24) is 10.6 Å². The molecule has 6 heteroatoms. The number of hydrogen-bond donors (Lipinski definition) is 2. The Morgan fingerprint density at radius 3 is 2.73 bits per heavy atom. The van der Waals surface area contributed by atoms with Crippen molar-refractivity contribution in [2.24, 2.45) is 4.99 Å². The average molecular weight is 415 g/mol. The lowest BCUT2D eigenvalue weighted by Crippen LogP contribution is -2.41. The predicted octanol–water partition coefficient (Wildman–Crippen LogP) is 3.86. The number of aliphatic imine (C=N–C) groups is 1. The molecule has 0 atom stereocenters. The molecule has 1 saturated carbocycles. The molecule has 0 aromatic heterocycles. The number of nitrogens with one attached hydrogen (secondary N) is 2. The molecule has 1 aliphatic rings. The number of guanidine groups is 1. The van der Waals surface area contributed by atoms with Crippen molar-refractivity contribution in [2.75, 3.05) is 13.6 Å². The van der Waals surface area contributed by atoms with Gasteiger partial charge in [-0.2, -0.15) is 5.26 Å². The Balaban J connectivity index is 1.60. The predicted molar refractivity (Wildman–Crippen MR) is 104 cm³/mol. The molecule has 2 aromatic carbocycles. The fourth-order valence-corrected chi connectivity index (χ4v) is 3.37. The maximum Gasteiger partial charge on any atom is 0.191 e. The Labute approximate surface area is 161 Å². The van der Waals surface area contributed by atoms with Gasteiger partial charge in [-0.05, 0) is 48.7 Å². The van der Waals surface area contributed by atoms with Gasteiger partial charge >= 0.3 is 0 Å². The summed E-state index contributed by atoms with van der Waals surface area (Å²) in [5.74, 6) is 0.285. The molecular formula is C20H20BrFN4. The highest BCUT2D eigenvalue weighted by Crippen LogP contribution is 2.48. The summed E-state index contributed by atoms with van der Waals surface area (Å²) in [6.07, 6.45) is 2.26. The third-order valence-corrected chi connectivity index (χ3v) is 5.22. The van der Waals surface area contributed by atoms with Crippen LogP contribution in [0.5, 0.6) is 0 Å². The smallest absolute Gasteiger partial charge is 0.191 e. The Bertz CT molecular complexity index is 868. The summed E-state index contributed by atoms with van der Waals surface area (Å²) in [6.45, 7) is 1.04. The number of nitriles is 1. The van der Waals surface area contributed by atoms with Gasteiger partial charge in [-0.3, -0.25) is 4.99 Å². The maximum absolute atomic E-state index is 13.9. The van der Waals surface area contributed by atoms with Crippen LogP contribution < -0.4 is 10.6 Å². The first-order chi connectivity index (χ1) is 12.6. The molecule has 0 saturated heterocycles. The highest BCUT2D eigenvalue weighted by Gasteiger charge is 2.44. The molecule has 3 rings (SSSR count). The highest BCUT2D eigenvalue weighted by atomic mass is 79.9. The largest absolute Gasteiger partial charge is 0.356 e. The Kier molecular flexibility index (Phi) is 5.58. The van der Waals surface area contributed by atoms with Crippen molar-refractivity contribution < 1.29 is 4.39 Å². The van der Waals surface area contributed by atoms with Gasteiger partial charge in [0.1, 0.15) is 5.82 Å². The highest BCUT2D eigenvalue weighted by molar-refractivity contribution is 9.10.